The SMILES string of the molecule is CCCCn1c(C(F)(F)F)[n+](C)c2ccccc21.[I-]. The van der Waals surface area contributed by atoms with Crippen LogP contribution in [0.3, 0.4) is 0 Å². The summed E-state index contributed by atoms with van der Waals surface area (Å²) >= 11 is 0. The number of hydrogen-bond acceptors (Lipinski definition) is 0. The molecule has 106 valence electrons. The smallest absolute Gasteiger partial charge is 0.495 e. The highest BCUT2D eigenvalue weighted by atomic mass is 127. The zero-order valence-corrected chi connectivity index (χ0v) is 13.0. The zero-order valence-electron chi connectivity index (χ0n) is 10.8. The van der Waals surface area contributed by atoms with Gasteiger partial charge in [0.1, 0.15) is 0 Å². The Morgan fingerprint density at radius 2 is 1.84 bits per heavy atom. The molecule has 0 unspecified atom stereocenters. The van der Waals surface area contributed by atoms with Crippen molar-refractivity contribution >= 4 is 11.0 Å². The van der Waals surface area contributed by atoms with Crippen LogP contribution < -0.4 is 28.5 Å². The monoisotopic (exact) mass is 384 g/mol. The second kappa shape index (κ2) is 6.11. The highest BCUT2D eigenvalue weighted by molar-refractivity contribution is 5.72. The predicted octanol–water partition coefficient (Wildman–Crippen LogP) is 0.289. The number of benzene rings is 1. The van der Waals surface area contributed by atoms with Gasteiger partial charge in [-0.2, -0.15) is 13.2 Å². The normalized spacial score (nSPS) is 11.6. The van der Waals surface area contributed by atoms with E-state index in [1.54, 1.807) is 24.3 Å². The molecule has 1 aromatic heterocycles. The Hall–Kier alpha value is -0.790. The number of para-hydroxylation sites is 2. The van der Waals surface area contributed by atoms with Gasteiger partial charge in [0.15, 0.2) is 11.0 Å². The molecule has 0 fully saturated rings. The van der Waals surface area contributed by atoms with E-state index >= 15 is 0 Å². The summed E-state index contributed by atoms with van der Waals surface area (Å²) in [5.74, 6) is -0.586. The molecule has 0 N–H and O–H groups in total. The van der Waals surface area contributed by atoms with Crippen molar-refractivity contribution < 1.29 is 41.7 Å². The van der Waals surface area contributed by atoms with Crippen molar-refractivity contribution in [2.75, 3.05) is 0 Å². The molecule has 0 saturated heterocycles. The molecule has 0 radical (unpaired) electrons. The molecular weight excluding hydrogens is 368 g/mol. The Balaban J connectivity index is 0.00000180. The molecule has 1 heterocycles. The Morgan fingerprint density at radius 3 is 2.42 bits per heavy atom. The molecule has 0 aliphatic heterocycles. The first-order valence-electron chi connectivity index (χ1n) is 6.01. The van der Waals surface area contributed by atoms with Crippen molar-refractivity contribution in [1.29, 1.82) is 0 Å². The summed E-state index contributed by atoms with van der Waals surface area (Å²) in [5.41, 5.74) is 1.25. The number of rotatable bonds is 3. The fourth-order valence-corrected chi connectivity index (χ4v) is 2.27. The number of nitrogens with zero attached hydrogens (tertiary/aromatic N) is 2. The number of imidazole rings is 1. The first-order valence-corrected chi connectivity index (χ1v) is 6.01. The number of aromatic nitrogens is 2. The van der Waals surface area contributed by atoms with Crippen molar-refractivity contribution in [1.82, 2.24) is 4.57 Å². The van der Waals surface area contributed by atoms with E-state index < -0.39 is 12.0 Å². The molecule has 2 rings (SSSR count). The summed E-state index contributed by atoms with van der Waals surface area (Å²) in [6, 6.07) is 6.98. The number of halogens is 4. The number of fused-ring (bicyclic) bond motifs is 1. The maximum absolute atomic E-state index is 13.1. The third kappa shape index (κ3) is 3.04. The maximum Gasteiger partial charge on any atom is 0.495 e. The van der Waals surface area contributed by atoms with Gasteiger partial charge in [0.05, 0.1) is 13.6 Å². The Bertz CT molecular complexity index is 561. The topological polar surface area (TPSA) is 8.81 Å². The Morgan fingerprint density at radius 1 is 1.21 bits per heavy atom. The van der Waals surface area contributed by atoms with Gasteiger partial charge in [-0.05, 0) is 18.6 Å². The number of alkyl halides is 3. The van der Waals surface area contributed by atoms with E-state index in [2.05, 4.69) is 0 Å². The molecule has 2 aromatic rings. The minimum absolute atomic E-state index is 0. The summed E-state index contributed by atoms with van der Waals surface area (Å²) in [7, 11) is 1.47. The second-order valence-corrected chi connectivity index (χ2v) is 4.37. The van der Waals surface area contributed by atoms with E-state index in [0.717, 1.165) is 12.8 Å². The predicted molar refractivity (Wildman–Crippen MR) is 63.0 cm³/mol. The van der Waals surface area contributed by atoms with Crippen LogP contribution in [0, 0.1) is 0 Å². The van der Waals surface area contributed by atoms with Gasteiger partial charge < -0.3 is 24.0 Å². The third-order valence-corrected chi connectivity index (χ3v) is 3.10. The average molecular weight is 384 g/mol. The summed E-state index contributed by atoms with van der Waals surface area (Å²) in [4.78, 5) is 0. The summed E-state index contributed by atoms with van der Waals surface area (Å²) in [6.07, 6.45) is -2.73. The van der Waals surface area contributed by atoms with Crippen molar-refractivity contribution in [3.63, 3.8) is 0 Å². The molecule has 19 heavy (non-hydrogen) atoms. The molecule has 0 saturated carbocycles. The van der Waals surface area contributed by atoms with Crippen molar-refractivity contribution in [3.05, 3.63) is 30.1 Å². The van der Waals surface area contributed by atoms with Gasteiger partial charge in [0.2, 0.25) is 0 Å². The van der Waals surface area contributed by atoms with Crippen molar-refractivity contribution in [3.8, 4) is 0 Å². The molecule has 6 heteroatoms. The largest absolute Gasteiger partial charge is 1.00 e. The van der Waals surface area contributed by atoms with E-state index in [1.165, 1.54) is 16.2 Å². The average Bonchev–Trinajstić information content (AvgIpc) is 2.60. The Kier molecular flexibility index (Phi) is 5.23. The van der Waals surface area contributed by atoms with Gasteiger partial charge in [0, 0.05) is 0 Å². The minimum Gasteiger partial charge on any atom is -1.00 e. The lowest BCUT2D eigenvalue weighted by Crippen LogP contribution is -3.00. The minimum atomic E-state index is -4.33. The fraction of sp³-hybridized carbons (Fsp3) is 0.462. The summed E-state index contributed by atoms with van der Waals surface area (Å²) < 4.78 is 42.0. The van der Waals surface area contributed by atoms with Gasteiger partial charge in [0.25, 0.3) is 0 Å². The molecule has 0 spiro atoms. The number of aryl methyl sites for hydroxylation is 2. The lowest BCUT2D eigenvalue weighted by Gasteiger charge is -2.05. The van der Waals surface area contributed by atoms with E-state index in [-0.39, 0.29) is 24.0 Å². The highest BCUT2D eigenvalue weighted by Gasteiger charge is 2.45. The van der Waals surface area contributed by atoms with E-state index in [9.17, 15) is 13.2 Å². The summed E-state index contributed by atoms with van der Waals surface area (Å²) in [6.45, 7) is 2.37. The summed E-state index contributed by atoms with van der Waals surface area (Å²) in [5, 5.41) is 0. The molecule has 2 nitrogen and oxygen atoms in total. The van der Waals surface area contributed by atoms with Gasteiger partial charge in [-0.1, -0.05) is 25.5 Å². The van der Waals surface area contributed by atoms with Crippen LogP contribution >= 0.6 is 0 Å². The first kappa shape index (κ1) is 16.3. The van der Waals surface area contributed by atoms with Crippen LogP contribution in [0.1, 0.15) is 25.6 Å². The molecule has 0 atom stereocenters. The van der Waals surface area contributed by atoms with Crippen LogP contribution in [0.15, 0.2) is 24.3 Å². The van der Waals surface area contributed by atoms with E-state index in [4.69, 9.17) is 0 Å². The van der Waals surface area contributed by atoms with Crippen LogP contribution in [0.25, 0.3) is 11.0 Å². The van der Waals surface area contributed by atoms with Gasteiger partial charge in [-0.3, -0.25) is 0 Å². The van der Waals surface area contributed by atoms with Gasteiger partial charge in [-0.25, -0.2) is 9.13 Å². The first-order chi connectivity index (χ1) is 8.46. The van der Waals surface area contributed by atoms with Gasteiger partial charge in [-0.15, -0.1) is 0 Å². The van der Waals surface area contributed by atoms with Gasteiger partial charge >= 0.3 is 12.0 Å². The molecular formula is C13H16F3IN2. The molecule has 0 aliphatic carbocycles. The number of unbranched alkanes of at least 4 members (excludes halogenated alkanes) is 1. The van der Waals surface area contributed by atoms with Crippen molar-refractivity contribution in [2.24, 2.45) is 7.05 Å². The van der Waals surface area contributed by atoms with Crippen LogP contribution in [0.2, 0.25) is 0 Å². The maximum atomic E-state index is 13.1. The van der Waals surface area contributed by atoms with E-state index in [0.29, 0.717) is 17.6 Å². The van der Waals surface area contributed by atoms with Crippen LogP contribution in [0.5, 0.6) is 0 Å². The number of hydrogen-bond donors (Lipinski definition) is 0. The standard InChI is InChI=1S/C13H16F3N2.HI/c1-3-4-9-18-11-8-6-5-7-10(11)17(2)12(18)13(14,15)16;/h5-8H,3-4,9H2,1-2H3;1H/q+1;/p-1. The van der Waals surface area contributed by atoms with Crippen molar-refractivity contribution in [2.45, 2.75) is 32.5 Å². The fourth-order valence-electron chi connectivity index (χ4n) is 2.27. The zero-order chi connectivity index (χ0) is 13.3. The Labute approximate surface area is 127 Å². The molecule has 0 bridgehead atoms. The second-order valence-electron chi connectivity index (χ2n) is 4.37. The third-order valence-electron chi connectivity index (χ3n) is 3.10. The molecule has 0 amide bonds. The lowest BCUT2D eigenvalue weighted by molar-refractivity contribution is -0.667. The van der Waals surface area contributed by atoms with Crippen LogP contribution in [0.4, 0.5) is 13.2 Å². The van der Waals surface area contributed by atoms with Crippen LogP contribution in [-0.2, 0) is 19.8 Å². The van der Waals surface area contributed by atoms with Crippen LogP contribution in [-0.4, -0.2) is 4.57 Å². The molecule has 1 aromatic carbocycles. The molecule has 0 aliphatic rings. The van der Waals surface area contributed by atoms with E-state index in [1.807, 2.05) is 6.92 Å². The highest BCUT2D eigenvalue weighted by Crippen LogP contribution is 2.30. The quantitative estimate of drug-likeness (QED) is 0.532. The lowest BCUT2D eigenvalue weighted by atomic mass is 10.3.